The number of aryl methyl sites for hydroxylation is 1. The summed E-state index contributed by atoms with van der Waals surface area (Å²) in [5.41, 5.74) is 8.64. The molecule has 1 amide bonds. The SMILES string of the molecule is Cc1ccccc1C(NC(=O)C[C@@H]1CCC[C@H]1N)C1CC1. The molecule has 1 unspecified atom stereocenters. The lowest BCUT2D eigenvalue weighted by Gasteiger charge is -2.22. The van der Waals surface area contributed by atoms with Crippen LogP contribution in [-0.4, -0.2) is 11.9 Å². The van der Waals surface area contributed by atoms with Gasteiger partial charge in [-0.05, 0) is 55.6 Å². The number of nitrogens with two attached hydrogens (primary N) is 1. The molecule has 3 rings (SSSR count). The smallest absolute Gasteiger partial charge is 0.220 e. The van der Waals surface area contributed by atoms with E-state index in [1.165, 1.54) is 30.4 Å². The number of carbonyl (C=O) groups is 1. The third-order valence-corrected chi connectivity index (χ3v) is 5.10. The van der Waals surface area contributed by atoms with E-state index in [0.29, 0.717) is 18.3 Å². The van der Waals surface area contributed by atoms with E-state index in [1.54, 1.807) is 0 Å². The van der Waals surface area contributed by atoms with E-state index in [4.69, 9.17) is 5.73 Å². The first-order valence-corrected chi connectivity index (χ1v) is 8.25. The van der Waals surface area contributed by atoms with Gasteiger partial charge in [0.1, 0.15) is 0 Å². The summed E-state index contributed by atoms with van der Waals surface area (Å²) in [5.74, 6) is 1.17. The lowest BCUT2D eigenvalue weighted by Crippen LogP contribution is -2.34. The average Bonchev–Trinajstić information content (AvgIpc) is 3.22. The highest BCUT2D eigenvalue weighted by atomic mass is 16.1. The van der Waals surface area contributed by atoms with Crippen LogP contribution in [0.4, 0.5) is 0 Å². The standard InChI is InChI=1S/C18H26N2O/c1-12-5-2-3-7-15(12)18(13-9-10-13)20-17(21)11-14-6-4-8-16(14)19/h2-3,5,7,13-14,16,18H,4,6,8-11,19H2,1H3,(H,20,21)/t14-,16+,18?/m0/s1. The Balaban J connectivity index is 1.65. The van der Waals surface area contributed by atoms with Crippen LogP contribution < -0.4 is 11.1 Å². The zero-order valence-corrected chi connectivity index (χ0v) is 12.8. The van der Waals surface area contributed by atoms with Crippen molar-refractivity contribution in [3.8, 4) is 0 Å². The number of benzene rings is 1. The average molecular weight is 286 g/mol. The molecule has 0 bridgehead atoms. The Bertz CT molecular complexity index is 510. The highest BCUT2D eigenvalue weighted by Crippen LogP contribution is 2.42. The van der Waals surface area contributed by atoms with E-state index >= 15 is 0 Å². The Morgan fingerprint density at radius 3 is 2.67 bits per heavy atom. The Kier molecular flexibility index (Phi) is 4.29. The van der Waals surface area contributed by atoms with Crippen molar-refractivity contribution in [2.24, 2.45) is 17.6 Å². The van der Waals surface area contributed by atoms with Crippen molar-refractivity contribution in [3.05, 3.63) is 35.4 Å². The van der Waals surface area contributed by atoms with E-state index in [0.717, 1.165) is 12.8 Å². The predicted octanol–water partition coefficient (Wildman–Crippen LogP) is 3.08. The van der Waals surface area contributed by atoms with Crippen LogP contribution in [-0.2, 0) is 4.79 Å². The monoisotopic (exact) mass is 286 g/mol. The van der Waals surface area contributed by atoms with Crippen LogP contribution in [0.3, 0.4) is 0 Å². The van der Waals surface area contributed by atoms with Crippen LogP contribution in [0.5, 0.6) is 0 Å². The maximum Gasteiger partial charge on any atom is 0.220 e. The molecule has 0 radical (unpaired) electrons. The molecule has 0 heterocycles. The van der Waals surface area contributed by atoms with E-state index in [2.05, 4.69) is 36.5 Å². The number of rotatable bonds is 5. The van der Waals surface area contributed by atoms with Crippen molar-refractivity contribution < 1.29 is 4.79 Å². The van der Waals surface area contributed by atoms with Crippen LogP contribution in [0.25, 0.3) is 0 Å². The minimum atomic E-state index is 0.178. The topological polar surface area (TPSA) is 55.1 Å². The molecule has 2 aliphatic rings. The molecule has 2 fully saturated rings. The van der Waals surface area contributed by atoms with Crippen molar-refractivity contribution >= 4 is 5.91 Å². The van der Waals surface area contributed by atoms with Crippen molar-refractivity contribution in [1.82, 2.24) is 5.32 Å². The van der Waals surface area contributed by atoms with Gasteiger partial charge in [-0.25, -0.2) is 0 Å². The summed E-state index contributed by atoms with van der Waals surface area (Å²) in [6.45, 7) is 2.13. The molecular formula is C18H26N2O. The maximum absolute atomic E-state index is 12.4. The molecule has 3 atom stereocenters. The van der Waals surface area contributed by atoms with Gasteiger partial charge in [-0.1, -0.05) is 30.7 Å². The van der Waals surface area contributed by atoms with Crippen LogP contribution >= 0.6 is 0 Å². The number of hydrogen-bond acceptors (Lipinski definition) is 2. The molecule has 0 aliphatic heterocycles. The molecular weight excluding hydrogens is 260 g/mol. The highest BCUT2D eigenvalue weighted by Gasteiger charge is 2.35. The minimum absolute atomic E-state index is 0.178. The molecule has 2 aliphatic carbocycles. The molecule has 3 nitrogen and oxygen atoms in total. The van der Waals surface area contributed by atoms with Crippen molar-refractivity contribution in [2.45, 2.75) is 57.5 Å². The van der Waals surface area contributed by atoms with Crippen LogP contribution in [0.15, 0.2) is 24.3 Å². The van der Waals surface area contributed by atoms with Gasteiger partial charge in [0.25, 0.3) is 0 Å². The largest absolute Gasteiger partial charge is 0.349 e. The minimum Gasteiger partial charge on any atom is -0.349 e. The predicted molar refractivity (Wildman–Crippen MR) is 84.7 cm³/mol. The van der Waals surface area contributed by atoms with Gasteiger partial charge in [-0.2, -0.15) is 0 Å². The van der Waals surface area contributed by atoms with Gasteiger partial charge in [0.05, 0.1) is 6.04 Å². The first kappa shape index (κ1) is 14.6. The number of nitrogens with one attached hydrogen (secondary N) is 1. The second kappa shape index (κ2) is 6.18. The maximum atomic E-state index is 12.4. The third kappa shape index (κ3) is 3.46. The third-order valence-electron chi connectivity index (χ3n) is 5.10. The first-order valence-electron chi connectivity index (χ1n) is 8.25. The zero-order valence-electron chi connectivity index (χ0n) is 12.8. The Morgan fingerprint density at radius 2 is 2.05 bits per heavy atom. The molecule has 0 saturated heterocycles. The summed E-state index contributed by atoms with van der Waals surface area (Å²) in [4.78, 5) is 12.4. The number of amides is 1. The van der Waals surface area contributed by atoms with Crippen molar-refractivity contribution in [3.63, 3.8) is 0 Å². The molecule has 0 aromatic heterocycles. The Morgan fingerprint density at radius 1 is 1.29 bits per heavy atom. The zero-order chi connectivity index (χ0) is 14.8. The number of carbonyl (C=O) groups excluding carboxylic acids is 1. The highest BCUT2D eigenvalue weighted by molar-refractivity contribution is 5.77. The van der Waals surface area contributed by atoms with Gasteiger partial charge in [-0.15, -0.1) is 0 Å². The summed E-state index contributed by atoms with van der Waals surface area (Å²) in [5, 5.41) is 3.29. The van der Waals surface area contributed by atoms with Crippen LogP contribution in [0.1, 0.15) is 55.7 Å². The molecule has 3 N–H and O–H groups in total. The van der Waals surface area contributed by atoms with Gasteiger partial charge in [-0.3, -0.25) is 4.79 Å². The van der Waals surface area contributed by atoms with Gasteiger partial charge >= 0.3 is 0 Å². The first-order chi connectivity index (χ1) is 10.1. The van der Waals surface area contributed by atoms with Crippen molar-refractivity contribution in [1.29, 1.82) is 0 Å². The molecule has 0 spiro atoms. The molecule has 21 heavy (non-hydrogen) atoms. The Hall–Kier alpha value is -1.35. The summed E-state index contributed by atoms with van der Waals surface area (Å²) >= 11 is 0. The van der Waals surface area contributed by atoms with E-state index in [9.17, 15) is 4.79 Å². The second-order valence-corrected chi connectivity index (χ2v) is 6.80. The number of hydrogen-bond donors (Lipinski definition) is 2. The van der Waals surface area contributed by atoms with Gasteiger partial charge in [0.15, 0.2) is 0 Å². The molecule has 1 aromatic carbocycles. The van der Waals surface area contributed by atoms with Crippen LogP contribution in [0.2, 0.25) is 0 Å². The lowest BCUT2D eigenvalue weighted by molar-refractivity contribution is -0.123. The van der Waals surface area contributed by atoms with E-state index in [1.807, 2.05) is 0 Å². The summed E-state index contributed by atoms with van der Waals surface area (Å²) in [7, 11) is 0. The molecule has 114 valence electrons. The fraction of sp³-hybridized carbons (Fsp3) is 0.611. The fourth-order valence-electron chi connectivity index (χ4n) is 3.60. The van der Waals surface area contributed by atoms with Gasteiger partial charge in [0, 0.05) is 12.5 Å². The van der Waals surface area contributed by atoms with E-state index < -0.39 is 0 Å². The molecule has 2 saturated carbocycles. The van der Waals surface area contributed by atoms with Crippen LogP contribution in [0, 0.1) is 18.8 Å². The Labute approximate surface area is 127 Å². The fourth-order valence-corrected chi connectivity index (χ4v) is 3.60. The van der Waals surface area contributed by atoms with Gasteiger partial charge < -0.3 is 11.1 Å². The summed E-state index contributed by atoms with van der Waals surface area (Å²) < 4.78 is 0. The quantitative estimate of drug-likeness (QED) is 0.874. The second-order valence-electron chi connectivity index (χ2n) is 6.80. The summed E-state index contributed by atoms with van der Waals surface area (Å²) in [6.07, 6.45) is 6.39. The van der Waals surface area contributed by atoms with Gasteiger partial charge in [0.2, 0.25) is 5.91 Å². The van der Waals surface area contributed by atoms with E-state index in [-0.39, 0.29) is 18.0 Å². The lowest BCUT2D eigenvalue weighted by atomic mass is 9.96. The molecule has 1 aromatic rings. The normalized spacial score (nSPS) is 26.6. The van der Waals surface area contributed by atoms with Crippen molar-refractivity contribution in [2.75, 3.05) is 0 Å². The molecule has 3 heteroatoms. The summed E-state index contributed by atoms with van der Waals surface area (Å²) in [6, 6.07) is 8.81.